The van der Waals surface area contributed by atoms with Crippen LogP contribution in [0, 0.1) is 17.8 Å². The van der Waals surface area contributed by atoms with Crippen molar-refractivity contribution in [3.63, 3.8) is 0 Å². The van der Waals surface area contributed by atoms with Crippen LogP contribution in [0.3, 0.4) is 0 Å². The van der Waals surface area contributed by atoms with Crippen LogP contribution >= 0.6 is 0 Å². The zero-order chi connectivity index (χ0) is 20.1. The van der Waals surface area contributed by atoms with Gasteiger partial charge in [-0.15, -0.1) is 6.42 Å². The molecule has 29 heavy (non-hydrogen) atoms. The predicted octanol–water partition coefficient (Wildman–Crippen LogP) is 5.51. The number of hydrogen-bond acceptors (Lipinski definition) is 3. The van der Waals surface area contributed by atoms with Crippen LogP contribution < -0.4 is 9.80 Å². The summed E-state index contributed by atoms with van der Waals surface area (Å²) in [6, 6.07) is 9.44. The topological polar surface area (TPSA) is 9.72 Å². The van der Waals surface area contributed by atoms with Crippen molar-refractivity contribution >= 4 is 11.4 Å². The third-order valence-corrected chi connectivity index (χ3v) is 7.86. The van der Waals surface area contributed by atoms with E-state index in [4.69, 9.17) is 6.42 Å². The summed E-state index contributed by atoms with van der Waals surface area (Å²) in [6.45, 7) is 7.92. The Hall–Kier alpha value is -1.66. The van der Waals surface area contributed by atoms with Gasteiger partial charge in [0.15, 0.2) is 0 Å². The highest BCUT2D eigenvalue weighted by molar-refractivity contribution is 5.76. The van der Waals surface area contributed by atoms with Crippen LogP contribution in [0.1, 0.15) is 71.1 Å². The Labute approximate surface area is 178 Å². The van der Waals surface area contributed by atoms with Crippen LogP contribution in [0.15, 0.2) is 24.3 Å². The summed E-state index contributed by atoms with van der Waals surface area (Å²) in [4.78, 5) is 7.76. The van der Waals surface area contributed by atoms with Gasteiger partial charge in [0.25, 0.3) is 0 Å². The van der Waals surface area contributed by atoms with Gasteiger partial charge in [-0.3, -0.25) is 0 Å². The molecule has 158 valence electrons. The lowest BCUT2D eigenvalue weighted by Crippen LogP contribution is -2.48. The van der Waals surface area contributed by atoms with Crippen LogP contribution in [0.5, 0.6) is 0 Å². The molecule has 0 N–H and O–H groups in total. The molecule has 0 spiro atoms. The van der Waals surface area contributed by atoms with Crippen molar-refractivity contribution in [2.75, 3.05) is 42.6 Å². The molecule has 1 aromatic rings. The fourth-order valence-corrected chi connectivity index (χ4v) is 6.01. The number of likely N-dealkylation sites (tertiary alicyclic amines) is 1. The number of para-hydroxylation sites is 2. The molecule has 1 saturated carbocycles. The number of nitrogens with zero attached hydrogens (tertiary/aromatic N) is 3. The molecule has 4 rings (SSSR count). The Morgan fingerprint density at radius 1 is 1.00 bits per heavy atom. The van der Waals surface area contributed by atoms with Gasteiger partial charge in [-0.1, -0.05) is 57.1 Å². The normalized spacial score (nSPS) is 23.3. The van der Waals surface area contributed by atoms with E-state index in [-0.39, 0.29) is 0 Å². The third-order valence-electron chi connectivity index (χ3n) is 7.86. The number of anilines is 2. The molecule has 2 fully saturated rings. The summed E-state index contributed by atoms with van der Waals surface area (Å²) in [7, 11) is 0. The summed E-state index contributed by atoms with van der Waals surface area (Å²) in [6.07, 6.45) is 19.7. The first-order valence-electron chi connectivity index (χ1n) is 12.0. The molecule has 0 aromatic heterocycles. The number of benzene rings is 1. The van der Waals surface area contributed by atoms with Crippen LogP contribution in [0.2, 0.25) is 0 Å². The summed E-state index contributed by atoms with van der Waals surface area (Å²) in [5, 5.41) is 0. The third kappa shape index (κ3) is 4.58. The zero-order valence-corrected chi connectivity index (χ0v) is 18.4. The highest BCUT2D eigenvalue weighted by Gasteiger charge is 2.35. The van der Waals surface area contributed by atoms with Gasteiger partial charge < -0.3 is 14.7 Å². The molecule has 1 aliphatic carbocycles. The predicted molar refractivity (Wildman–Crippen MR) is 124 cm³/mol. The average Bonchev–Trinajstić information content (AvgIpc) is 3.10. The van der Waals surface area contributed by atoms with Gasteiger partial charge in [0.1, 0.15) is 0 Å². The van der Waals surface area contributed by atoms with E-state index in [2.05, 4.69) is 51.8 Å². The van der Waals surface area contributed by atoms with Crippen molar-refractivity contribution in [1.29, 1.82) is 0 Å². The highest BCUT2D eigenvalue weighted by atomic mass is 15.4. The van der Waals surface area contributed by atoms with E-state index in [0.717, 1.165) is 6.67 Å². The molecule has 3 nitrogen and oxygen atoms in total. The van der Waals surface area contributed by atoms with Crippen molar-refractivity contribution in [2.24, 2.45) is 5.41 Å². The number of hydrogen-bond donors (Lipinski definition) is 0. The molecule has 0 atom stereocenters. The van der Waals surface area contributed by atoms with E-state index in [1.54, 1.807) is 0 Å². The molecule has 0 bridgehead atoms. The Balaban J connectivity index is 1.36. The number of piperidine rings is 1. The molecule has 3 heteroatoms. The molecule has 3 aliphatic rings. The Morgan fingerprint density at radius 3 is 2.31 bits per heavy atom. The zero-order valence-electron chi connectivity index (χ0n) is 18.4. The minimum atomic E-state index is 0.580. The van der Waals surface area contributed by atoms with E-state index in [1.807, 2.05) is 0 Å². The van der Waals surface area contributed by atoms with E-state index >= 15 is 0 Å². The maximum absolute atomic E-state index is 5.63. The molecular weight excluding hydrogens is 354 g/mol. The molecule has 1 saturated heterocycles. The van der Waals surface area contributed by atoms with E-state index in [1.165, 1.54) is 95.2 Å². The fourth-order valence-electron chi connectivity index (χ4n) is 6.01. The fraction of sp³-hybridized carbons (Fsp3) is 0.692. The average molecular weight is 394 g/mol. The maximum Gasteiger partial charge on any atom is 0.0916 e. The van der Waals surface area contributed by atoms with Gasteiger partial charge >= 0.3 is 0 Å². The lowest BCUT2D eigenvalue weighted by molar-refractivity contribution is 0.0920. The summed E-state index contributed by atoms with van der Waals surface area (Å²) in [5.74, 6) is 2.84. The van der Waals surface area contributed by atoms with Crippen molar-refractivity contribution in [3.8, 4) is 12.3 Å². The van der Waals surface area contributed by atoms with Crippen molar-refractivity contribution in [1.82, 2.24) is 4.90 Å². The monoisotopic (exact) mass is 393 g/mol. The van der Waals surface area contributed by atoms with Gasteiger partial charge in [0.2, 0.25) is 0 Å². The first-order valence-corrected chi connectivity index (χ1v) is 12.0. The largest absolute Gasteiger partial charge is 0.349 e. The number of rotatable bonds is 5. The SMILES string of the molecule is C#CCN1CN(C2CCN(CC3(CC)CCCCCCC3)CC2)c2ccccc21. The van der Waals surface area contributed by atoms with Gasteiger partial charge in [-0.05, 0) is 49.7 Å². The summed E-state index contributed by atoms with van der Waals surface area (Å²) in [5.41, 5.74) is 3.27. The van der Waals surface area contributed by atoms with Crippen LogP contribution in [0.4, 0.5) is 11.4 Å². The molecular formula is C26H39N3. The second kappa shape index (κ2) is 9.43. The van der Waals surface area contributed by atoms with Gasteiger partial charge in [-0.25, -0.2) is 0 Å². The Morgan fingerprint density at radius 2 is 1.66 bits per heavy atom. The number of terminal acetylenes is 1. The van der Waals surface area contributed by atoms with Gasteiger partial charge in [-0.2, -0.15) is 0 Å². The van der Waals surface area contributed by atoms with Crippen molar-refractivity contribution in [3.05, 3.63) is 24.3 Å². The molecule has 2 heterocycles. The smallest absolute Gasteiger partial charge is 0.0916 e. The second-order valence-electron chi connectivity index (χ2n) is 9.63. The Bertz CT molecular complexity index is 690. The Kier molecular flexibility index (Phi) is 6.70. The van der Waals surface area contributed by atoms with Crippen molar-refractivity contribution < 1.29 is 0 Å². The molecule has 0 unspecified atom stereocenters. The summed E-state index contributed by atoms with van der Waals surface area (Å²) >= 11 is 0. The number of fused-ring (bicyclic) bond motifs is 1. The van der Waals surface area contributed by atoms with Gasteiger partial charge in [0.05, 0.1) is 24.6 Å². The van der Waals surface area contributed by atoms with Crippen LogP contribution in [-0.2, 0) is 0 Å². The standard InChI is InChI=1S/C26H39N3/c1-3-18-28-22-29(25-13-9-8-12-24(25)28)23-14-19-27(20-15-23)21-26(4-2)16-10-6-5-7-11-17-26/h1,8-9,12-13,23H,4-7,10-11,14-22H2,2H3. The first-order chi connectivity index (χ1) is 14.2. The summed E-state index contributed by atoms with van der Waals surface area (Å²) < 4.78 is 0. The van der Waals surface area contributed by atoms with E-state index in [0.29, 0.717) is 18.0 Å². The quantitative estimate of drug-likeness (QED) is 0.611. The van der Waals surface area contributed by atoms with Crippen LogP contribution in [-0.4, -0.2) is 43.8 Å². The van der Waals surface area contributed by atoms with E-state index in [9.17, 15) is 0 Å². The van der Waals surface area contributed by atoms with Crippen LogP contribution in [0.25, 0.3) is 0 Å². The molecule has 1 aromatic carbocycles. The maximum atomic E-state index is 5.63. The molecule has 0 radical (unpaired) electrons. The molecule has 0 amide bonds. The lowest BCUT2D eigenvalue weighted by atomic mass is 9.73. The minimum Gasteiger partial charge on any atom is -0.349 e. The second-order valence-corrected chi connectivity index (χ2v) is 9.63. The van der Waals surface area contributed by atoms with E-state index < -0.39 is 0 Å². The van der Waals surface area contributed by atoms with Gasteiger partial charge in [0, 0.05) is 25.7 Å². The molecule has 2 aliphatic heterocycles. The van der Waals surface area contributed by atoms with Crippen molar-refractivity contribution in [2.45, 2.75) is 77.2 Å². The minimum absolute atomic E-state index is 0.580. The highest BCUT2D eigenvalue weighted by Crippen LogP contribution is 2.41. The lowest BCUT2D eigenvalue weighted by Gasteiger charge is -2.43. The first kappa shape index (κ1) is 20.6.